The molecule has 36 heavy (non-hydrogen) atoms. The third-order valence-electron chi connectivity index (χ3n) is 8.71. The maximum absolute atomic E-state index is 13.5. The molecule has 1 spiro atoms. The summed E-state index contributed by atoms with van der Waals surface area (Å²) < 4.78 is 12.8. The van der Waals surface area contributed by atoms with Crippen molar-refractivity contribution in [2.75, 3.05) is 13.1 Å². The molecule has 3 aliphatic heterocycles. The molecule has 0 amide bonds. The van der Waals surface area contributed by atoms with Gasteiger partial charge in [0, 0.05) is 47.6 Å². The summed E-state index contributed by atoms with van der Waals surface area (Å²) >= 11 is 0. The van der Waals surface area contributed by atoms with Crippen LogP contribution in [0.25, 0.3) is 21.7 Å². The third kappa shape index (κ3) is 3.36. The van der Waals surface area contributed by atoms with Gasteiger partial charge in [-0.05, 0) is 73.6 Å². The topological polar surface area (TPSA) is 54.6 Å². The van der Waals surface area contributed by atoms with E-state index in [4.69, 9.17) is 9.47 Å². The highest BCUT2D eigenvalue weighted by Crippen LogP contribution is 2.50. The van der Waals surface area contributed by atoms with Crippen LogP contribution in [0.4, 0.5) is 0 Å². The van der Waals surface area contributed by atoms with Gasteiger partial charge in [-0.25, -0.2) is 4.79 Å². The Morgan fingerprint density at radius 1 is 1.08 bits per heavy atom. The van der Waals surface area contributed by atoms with Crippen molar-refractivity contribution < 1.29 is 14.3 Å². The number of aromatic nitrogens is 1. The predicted molar refractivity (Wildman–Crippen MR) is 141 cm³/mol. The maximum Gasteiger partial charge on any atom is 0.340 e. The molecule has 0 radical (unpaired) electrons. The molecule has 0 bridgehead atoms. The lowest BCUT2D eigenvalue weighted by Gasteiger charge is -2.56. The number of hydrogen-bond acceptors (Lipinski definition) is 4. The van der Waals surface area contributed by atoms with Crippen LogP contribution in [0.3, 0.4) is 0 Å². The van der Waals surface area contributed by atoms with E-state index in [1.54, 1.807) is 0 Å². The molecule has 1 N–H and O–H groups in total. The van der Waals surface area contributed by atoms with Gasteiger partial charge in [0.2, 0.25) is 0 Å². The lowest BCUT2D eigenvalue weighted by atomic mass is 9.74. The number of H-pyrrole nitrogens is 1. The highest BCUT2D eigenvalue weighted by molar-refractivity contribution is 6.07. The van der Waals surface area contributed by atoms with Gasteiger partial charge >= 0.3 is 5.97 Å². The predicted octanol–water partition coefficient (Wildman–Crippen LogP) is 6.51. The number of fused-ring (bicyclic) bond motifs is 4. The molecule has 1 aromatic heterocycles. The molecule has 2 fully saturated rings. The van der Waals surface area contributed by atoms with Crippen molar-refractivity contribution in [3.63, 3.8) is 0 Å². The van der Waals surface area contributed by atoms with Crippen LogP contribution < -0.4 is 4.74 Å². The summed E-state index contributed by atoms with van der Waals surface area (Å²) in [6.45, 7) is 4.48. The van der Waals surface area contributed by atoms with Crippen molar-refractivity contribution in [3.8, 4) is 5.75 Å². The van der Waals surface area contributed by atoms with Crippen molar-refractivity contribution in [1.82, 2.24) is 9.88 Å². The number of hydrogen-bond donors (Lipinski definition) is 1. The smallest absolute Gasteiger partial charge is 0.340 e. The second-order valence-corrected chi connectivity index (χ2v) is 10.8. The molecule has 2 saturated heterocycles. The molecule has 4 aromatic rings. The molecule has 3 aromatic carbocycles. The normalized spacial score (nSPS) is 23.5. The Balaban J connectivity index is 1.22. The standard InChI is InChI=1S/C31H32N2O3/c1-20-28(30(34)35-19-21-10-11-22-7-2-3-8-23(22)17-21)29-25-18-24-9-6-16-33-15-5-4-14-31(24,33)36-27(25)13-12-26(29)32-20/h2-3,7-8,10-13,17,24,32H,4-6,9,14-16,18-19H2,1H3. The number of benzene rings is 3. The van der Waals surface area contributed by atoms with Gasteiger partial charge in [0.15, 0.2) is 5.72 Å². The molecule has 3 aliphatic rings. The van der Waals surface area contributed by atoms with Crippen molar-refractivity contribution in [3.05, 3.63) is 77.0 Å². The quantitative estimate of drug-likeness (QED) is 0.340. The number of rotatable bonds is 3. The summed E-state index contributed by atoms with van der Waals surface area (Å²) in [6.07, 6.45) is 6.92. The Hall–Kier alpha value is -3.31. The van der Waals surface area contributed by atoms with E-state index in [1.807, 2.05) is 25.1 Å². The average Bonchev–Trinajstić information content (AvgIpc) is 3.25. The number of piperidine rings is 2. The van der Waals surface area contributed by atoms with Crippen LogP contribution in [0, 0.1) is 12.8 Å². The van der Waals surface area contributed by atoms with E-state index < -0.39 is 0 Å². The highest BCUT2D eigenvalue weighted by Gasteiger charge is 2.52. The number of ether oxygens (including phenoxy) is 2. The number of esters is 1. The van der Waals surface area contributed by atoms with Crippen LogP contribution in [0.15, 0.2) is 54.6 Å². The van der Waals surface area contributed by atoms with Gasteiger partial charge in [-0.2, -0.15) is 0 Å². The number of nitrogens with zero attached hydrogens (tertiary/aromatic N) is 1. The number of carbonyl (C=O) groups excluding carboxylic acids is 1. The van der Waals surface area contributed by atoms with E-state index in [-0.39, 0.29) is 18.3 Å². The zero-order valence-electron chi connectivity index (χ0n) is 20.8. The lowest BCUT2D eigenvalue weighted by Crippen LogP contribution is -2.64. The van der Waals surface area contributed by atoms with Crippen LogP contribution in [-0.4, -0.2) is 34.7 Å². The number of nitrogens with one attached hydrogen (secondary N) is 1. The SMILES string of the molecule is Cc1[nH]c2ccc3c(c2c1C(=O)OCc1ccc2ccccc2c1)CC1CCCN2CCCCC12O3. The van der Waals surface area contributed by atoms with Crippen molar-refractivity contribution in [1.29, 1.82) is 0 Å². The fourth-order valence-corrected chi connectivity index (χ4v) is 7.02. The number of aromatic amines is 1. The minimum Gasteiger partial charge on any atom is -0.472 e. The summed E-state index contributed by atoms with van der Waals surface area (Å²) in [5.74, 6) is 1.12. The summed E-state index contributed by atoms with van der Waals surface area (Å²) in [7, 11) is 0. The average molecular weight is 481 g/mol. The third-order valence-corrected chi connectivity index (χ3v) is 8.71. The first-order valence-electron chi connectivity index (χ1n) is 13.4. The first kappa shape index (κ1) is 21.9. The molecule has 7 rings (SSSR count). The second-order valence-electron chi connectivity index (χ2n) is 10.8. The van der Waals surface area contributed by atoms with Crippen LogP contribution in [-0.2, 0) is 17.8 Å². The van der Waals surface area contributed by atoms with Gasteiger partial charge in [0.25, 0.3) is 0 Å². The molecule has 0 saturated carbocycles. The Kier molecular flexibility index (Phi) is 5.10. The van der Waals surface area contributed by atoms with E-state index in [0.29, 0.717) is 11.5 Å². The zero-order chi connectivity index (χ0) is 24.3. The molecule has 184 valence electrons. The Morgan fingerprint density at radius 2 is 1.94 bits per heavy atom. The van der Waals surface area contributed by atoms with Crippen molar-refractivity contribution in [2.45, 2.75) is 57.8 Å². The fraction of sp³-hybridized carbons (Fsp3) is 0.387. The Morgan fingerprint density at radius 3 is 2.86 bits per heavy atom. The number of carbonyl (C=O) groups is 1. The summed E-state index contributed by atoms with van der Waals surface area (Å²) in [4.78, 5) is 19.5. The van der Waals surface area contributed by atoms with Gasteiger partial charge in [-0.3, -0.25) is 4.90 Å². The Labute approximate surface area is 211 Å². The Bertz CT molecular complexity index is 1490. The van der Waals surface area contributed by atoms with E-state index >= 15 is 0 Å². The van der Waals surface area contributed by atoms with Gasteiger partial charge < -0.3 is 14.5 Å². The minimum absolute atomic E-state index is 0.167. The molecule has 5 nitrogen and oxygen atoms in total. The molecule has 5 heteroatoms. The van der Waals surface area contributed by atoms with Crippen molar-refractivity contribution >= 4 is 27.6 Å². The van der Waals surface area contributed by atoms with E-state index in [9.17, 15) is 4.79 Å². The first-order valence-corrected chi connectivity index (χ1v) is 13.4. The minimum atomic E-state index is -0.275. The van der Waals surface area contributed by atoms with E-state index in [2.05, 4.69) is 46.3 Å². The molecular weight excluding hydrogens is 448 g/mol. The van der Waals surface area contributed by atoms with Crippen LogP contribution >= 0.6 is 0 Å². The van der Waals surface area contributed by atoms with Crippen LogP contribution in [0.2, 0.25) is 0 Å². The van der Waals surface area contributed by atoms with E-state index in [0.717, 1.165) is 64.8 Å². The zero-order valence-corrected chi connectivity index (χ0v) is 20.8. The van der Waals surface area contributed by atoms with Gasteiger partial charge in [0.1, 0.15) is 12.4 Å². The monoisotopic (exact) mass is 480 g/mol. The lowest BCUT2D eigenvalue weighted by molar-refractivity contribution is -0.177. The molecule has 2 atom stereocenters. The second kappa shape index (κ2) is 8.38. The van der Waals surface area contributed by atoms with Gasteiger partial charge in [-0.15, -0.1) is 0 Å². The number of aryl methyl sites for hydroxylation is 1. The van der Waals surface area contributed by atoms with Crippen LogP contribution in [0.5, 0.6) is 5.75 Å². The first-order chi connectivity index (χ1) is 17.6. The van der Waals surface area contributed by atoms with E-state index in [1.165, 1.54) is 31.1 Å². The largest absolute Gasteiger partial charge is 0.472 e. The summed E-state index contributed by atoms with van der Waals surface area (Å²) in [5, 5.41) is 3.32. The summed E-state index contributed by atoms with van der Waals surface area (Å²) in [5.41, 5.74) is 4.48. The van der Waals surface area contributed by atoms with Gasteiger partial charge in [0.05, 0.1) is 5.56 Å². The van der Waals surface area contributed by atoms with Crippen LogP contribution in [0.1, 0.15) is 59.3 Å². The summed E-state index contributed by atoms with van der Waals surface area (Å²) in [6, 6.07) is 18.6. The van der Waals surface area contributed by atoms with Gasteiger partial charge in [-0.1, -0.05) is 36.4 Å². The highest BCUT2D eigenvalue weighted by atomic mass is 16.5. The molecule has 2 unspecified atom stereocenters. The van der Waals surface area contributed by atoms with Crippen molar-refractivity contribution in [2.24, 2.45) is 5.92 Å². The molecule has 0 aliphatic carbocycles. The molecule has 4 heterocycles. The fourth-order valence-electron chi connectivity index (χ4n) is 7.02. The molecular formula is C31H32N2O3. The maximum atomic E-state index is 13.5.